The van der Waals surface area contributed by atoms with Crippen molar-refractivity contribution < 1.29 is 4.79 Å². The lowest BCUT2D eigenvalue weighted by molar-refractivity contribution is 0.0934. The summed E-state index contributed by atoms with van der Waals surface area (Å²) in [6.07, 6.45) is 2.83. The molecule has 0 aromatic heterocycles. The Kier molecular flexibility index (Phi) is 2.18. The van der Waals surface area contributed by atoms with Gasteiger partial charge in [-0.05, 0) is 23.8 Å². The summed E-state index contributed by atoms with van der Waals surface area (Å²) < 4.78 is 0. The van der Waals surface area contributed by atoms with Crippen molar-refractivity contribution in [2.45, 2.75) is 33.1 Å². The van der Waals surface area contributed by atoms with Crippen LogP contribution in [0.15, 0.2) is 24.3 Å². The third kappa shape index (κ3) is 1.72. The lowest BCUT2D eigenvalue weighted by Crippen LogP contribution is -2.14. The van der Waals surface area contributed by atoms with E-state index in [0.717, 1.165) is 18.4 Å². The van der Waals surface area contributed by atoms with Gasteiger partial charge in [0.1, 0.15) is 0 Å². The molecular weight excluding hydrogens is 172 g/mol. The van der Waals surface area contributed by atoms with Crippen LogP contribution in [0, 0.1) is 5.41 Å². The monoisotopic (exact) mass is 188 g/mol. The molecule has 74 valence electrons. The van der Waals surface area contributed by atoms with E-state index in [4.69, 9.17) is 0 Å². The fourth-order valence-electron chi connectivity index (χ4n) is 2.10. The van der Waals surface area contributed by atoms with E-state index in [1.165, 1.54) is 5.56 Å². The van der Waals surface area contributed by atoms with Crippen molar-refractivity contribution >= 4 is 5.78 Å². The molecule has 0 radical (unpaired) electrons. The highest BCUT2D eigenvalue weighted by molar-refractivity contribution is 5.98. The minimum atomic E-state index is 0.163. The molecule has 1 heteroatoms. The number of fused-ring (bicyclic) bond motifs is 1. The van der Waals surface area contributed by atoms with E-state index in [9.17, 15) is 4.79 Å². The van der Waals surface area contributed by atoms with Gasteiger partial charge in [0.15, 0.2) is 5.78 Å². The number of aryl methyl sites for hydroxylation is 1. The van der Waals surface area contributed by atoms with E-state index < -0.39 is 0 Å². The Hall–Kier alpha value is -1.11. The van der Waals surface area contributed by atoms with Crippen LogP contribution in [-0.2, 0) is 6.42 Å². The normalized spacial score (nSPS) is 20.0. The van der Waals surface area contributed by atoms with Crippen molar-refractivity contribution in [1.82, 2.24) is 0 Å². The van der Waals surface area contributed by atoms with Gasteiger partial charge in [-0.3, -0.25) is 4.79 Å². The average molecular weight is 188 g/mol. The van der Waals surface area contributed by atoms with Gasteiger partial charge in [-0.15, -0.1) is 0 Å². The van der Waals surface area contributed by atoms with Crippen molar-refractivity contribution in [2.24, 2.45) is 5.41 Å². The number of benzene rings is 1. The zero-order chi connectivity index (χ0) is 10.2. The molecule has 0 unspecified atom stereocenters. The van der Waals surface area contributed by atoms with E-state index in [-0.39, 0.29) is 5.41 Å². The molecule has 0 amide bonds. The van der Waals surface area contributed by atoms with E-state index in [1.807, 2.05) is 18.2 Å². The highest BCUT2D eigenvalue weighted by Crippen LogP contribution is 2.33. The molecule has 0 saturated carbocycles. The van der Waals surface area contributed by atoms with Crippen LogP contribution in [0.25, 0.3) is 0 Å². The van der Waals surface area contributed by atoms with E-state index >= 15 is 0 Å². The minimum Gasteiger partial charge on any atom is -0.294 e. The molecule has 1 aromatic rings. The second-order valence-electron chi connectivity index (χ2n) is 4.92. The van der Waals surface area contributed by atoms with Crippen LogP contribution in [0.4, 0.5) is 0 Å². The maximum atomic E-state index is 11.9. The first-order valence-corrected chi connectivity index (χ1v) is 5.20. The topological polar surface area (TPSA) is 17.1 Å². The number of carbonyl (C=O) groups is 1. The van der Waals surface area contributed by atoms with Gasteiger partial charge in [0.2, 0.25) is 0 Å². The number of rotatable bonds is 0. The molecule has 2 rings (SSSR count). The quantitative estimate of drug-likeness (QED) is 0.571. The van der Waals surface area contributed by atoms with Crippen LogP contribution in [0.5, 0.6) is 0 Å². The SMILES string of the molecule is CC1(C)CCc2ccccc2C(=O)C1. The third-order valence-electron chi connectivity index (χ3n) is 3.03. The van der Waals surface area contributed by atoms with Gasteiger partial charge in [0.25, 0.3) is 0 Å². The number of hydrogen-bond donors (Lipinski definition) is 0. The second-order valence-corrected chi connectivity index (χ2v) is 4.92. The Bertz CT molecular complexity index is 363. The molecule has 1 aromatic carbocycles. The summed E-state index contributed by atoms with van der Waals surface area (Å²) in [5.74, 6) is 0.308. The number of Topliss-reactive ketones (excluding diaryl/α,β-unsaturated/α-hetero) is 1. The zero-order valence-electron chi connectivity index (χ0n) is 8.84. The van der Waals surface area contributed by atoms with Crippen LogP contribution in [-0.4, -0.2) is 5.78 Å². The highest BCUT2D eigenvalue weighted by atomic mass is 16.1. The summed E-state index contributed by atoms with van der Waals surface area (Å²) in [6, 6.07) is 8.01. The zero-order valence-corrected chi connectivity index (χ0v) is 8.84. The first-order valence-electron chi connectivity index (χ1n) is 5.20. The average Bonchev–Trinajstić information content (AvgIpc) is 2.24. The molecule has 0 aliphatic heterocycles. The third-order valence-corrected chi connectivity index (χ3v) is 3.03. The molecule has 0 spiro atoms. The molecule has 0 saturated heterocycles. The maximum Gasteiger partial charge on any atom is 0.163 e. The Balaban J connectivity index is 2.41. The molecule has 0 atom stereocenters. The van der Waals surface area contributed by atoms with Crippen molar-refractivity contribution in [3.05, 3.63) is 35.4 Å². The van der Waals surface area contributed by atoms with Gasteiger partial charge in [-0.25, -0.2) is 0 Å². The lowest BCUT2D eigenvalue weighted by atomic mass is 9.84. The molecule has 1 aliphatic rings. The smallest absolute Gasteiger partial charge is 0.163 e. The van der Waals surface area contributed by atoms with Gasteiger partial charge in [-0.1, -0.05) is 38.1 Å². The standard InChI is InChI=1S/C13H16O/c1-13(2)8-7-10-5-3-4-6-11(10)12(14)9-13/h3-6H,7-9H2,1-2H3. The molecular formula is C13H16O. The summed E-state index contributed by atoms with van der Waals surface area (Å²) in [4.78, 5) is 11.9. The van der Waals surface area contributed by atoms with Crippen molar-refractivity contribution in [2.75, 3.05) is 0 Å². The van der Waals surface area contributed by atoms with Crippen LogP contribution in [0.3, 0.4) is 0 Å². The molecule has 0 fully saturated rings. The molecule has 14 heavy (non-hydrogen) atoms. The van der Waals surface area contributed by atoms with Crippen LogP contribution >= 0.6 is 0 Å². The van der Waals surface area contributed by atoms with Gasteiger partial charge >= 0.3 is 0 Å². The number of ketones is 1. The van der Waals surface area contributed by atoms with Crippen molar-refractivity contribution in [3.8, 4) is 0 Å². The Morgan fingerprint density at radius 3 is 2.71 bits per heavy atom. The Morgan fingerprint density at radius 1 is 1.21 bits per heavy atom. The minimum absolute atomic E-state index is 0.163. The highest BCUT2D eigenvalue weighted by Gasteiger charge is 2.27. The summed E-state index contributed by atoms with van der Waals surface area (Å²) in [6.45, 7) is 4.35. The molecule has 1 aliphatic carbocycles. The summed E-state index contributed by atoms with van der Waals surface area (Å²) in [7, 11) is 0. The molecule has 0 heterocycles. The molecule has 0 bridgehead atoms. The van der Waals surface area contributed by atoms with E-state index in [1.54, 1.807) is 0 Å². The largest absolute Gasteiger partial charge is 0.294 e. The predicted octanol–water partition coefficient (Wildman–Crippen LogP) is 3.23. The van der Waals surface area contributed by atoms with Gasteiger partial charge in [0.05, 0.1) is 0 Å². The second kappa shape index (κ2) is 3.23. The summed E-state index contributed by atoms with van der Waals surface area (Å²) in [5.41, 5.74) is 2.33. The molecule has 1 nitrogen and oxygen atoms in total. The van der Waals surface area contributed by atoms with Gasteiger partial charge in [-0.2, -0.15) is 0 Å². The number of hydrogen-bond acceptors (Lipinski definition) is 1. The fraction of sp³-hybridized carbons (Fsp3) is 0.462. The first kappa shape index (κ1) is 9.45. The summed E-state index contributed by atoms with van der Waals surface area (Å²) >= 11 is 0. The van der Waals surface area contributed by atoms with Crippen molar-refractivity contribution in [3.63, 3.8) is 0 Å². The maximum absolute atomic E-state index is 11.9. The summed E-state index contributed by atoms with van der Waals surface area (Å²) in [5, 5.41) is 0. The van der Waals surface area contributed by atoms with Crippen LogP contribution in [0.2, 0.25) is 0 Å². The Morgan fingerprint density at radius 2 is 1.93 bits per heavy atom. The lowest BCUT2D eigenvalue weighted by Gasteiger charge is -2.20. The molecule has 0 N–H and O–H groups in total. The predicted molar refractivity (Wildman–Crippen MR) is 57.5 cm³/mol. The van der Waals surface area contributed by atoms with Crippen molar-refractivity contribution in [1.29, 1.82) is 0 Å². The van der Waals surface area contributed by atoms with Crippen LogP contribution in [0.1, 0.15) is 42.6 Å². The van der Waals surface area contributed by atoms with E-state index in [2.05, 4.69) is 19.9 Å². The first-order chi connectivity index (χ1) is 6.58. The number of carbonyl (C=O) groups excluding carboxylic acids is 1. The Labute approximate surface area is 85.1 Å². The van der Waals surface area contributed by atoms with Gasteiger partial charge in [0, 0.05) is 12.0 Å². The van der Waals surface area contributed by atoms with Crippen LogP contribution < -0.4 is 0 Å². The van der Waals surface area contributed by atoms with Gasteiger partial charge < -0.3 is 0 Å². The fourth-order valence-corrected chi connectivity index (χ4v) is 2.10. The van der Waals surface area contributed by atoms with E-state index in [0.29, 0.717) is 12.2 Å².